The summed E-state index contributed by atoms with van der Waals surface area (Å²) in [7, 11) is -3.67. The molecule has 2 aliphatic heterocycles. The van der Waals surface area contributed by atoms with Gasteiger partial charge in [-0.15, -0.1) is 0 Å². The lowest BCUT2D eigenvalue weighted by molar-refractivity contribution is -0.464. The molecule has 0 aliphatic carbocycles. The maximum Gasteiger partial charge on any atom is 0.600 e. The van der Waals surface area contributed by atoms with Crippen molar-refractivity contribution in [1.29, 1.82) is 0 Å². The second-order valence-electron chi connectivity index (χ2n) is 18.1. The van der Waals surface area contributed by atoms with Crippen LogP contribution in [0.4, 0.5) is 52.7 Å². The average molecular weight is 905 g/mol. The van der Waals surface area contributed by atoms with Crippen LogP contribution in [0.5, 0.6) is 0 Å². The van der Waals surface area contributed by atoms with Crippen molar-refractivity contribution in [1.82, 2.24) is 4.48 Å². The molecule has 17 heteroatoms. The van der Waals surface area contributed by atoms with E-state index < -0.39 is 65.4 Å². The molecule has 4 aromatic carbocycles. The second kappa shape index (κ2) is 15.1. The number of fused-ring (bicyclic) bond motifs is 1. The van der Waals surface area contributed by atoms with Crippen LogP contribution in [0.15, 0.2) is 108 Å². The fourth-order valence-corrected chi connectivity index (χ4v) is 8.30. The number of aryl methyl sites for hydroxylation is 1. The summed E-state index contributed by atoms with van der Waals surface area (Å²) in [6.45, 7) is 14.5. The van der Waals surface area contributed by atoms with E-state index in [1.807, 2.05) is 60.6 Å². The van der Waals surface area contributed by atoms with E-state index in [-0.39, 0.29) is 28.0 Å². The largest absolute Gasteiger partial charge is 0.600 e. The van der Waals surface area contributed by atoms with Crippen molar-refractivity contribution in [3.8, 4) is 22.4 Å². The van der Waals surface area contributed by atoms with E-state index in [1.165, 1.54) is 25.1 Å². The third-order valence-corrected chi connectivity index (χ3v) is 11.7. The van der Waals surface area contributed by atoms with Gasteiger partial charge in [-0.05, 0) is 58.6 Å². The fourth-order valence-electron chi connectivity index (χ4n) is 8.30. The van der Waals surface area contributed by atoms with Gasteiger partial charge in [0.15, 0.2) is 0 Å². The monoisotopic (exact) mass is 904 g/mol. The minimum atomic E-state index is -7.41. The standard InChI is InChI=1S/C47H41BF12N2O2/c1-26-13-15-30(16-14-26)38-34-12-10-9-11-33(34)37(61-38)27(2)39-35(28-17-21-31(22-18-28)40(3,4)5)25-36(29-19-23-32(24-20-29)41(6,7)8)62(39)48-63-42(44(49,50)51,45(52,53)54)43(64-48,46(55,56)57)47(58,59)60/h9-25H,1-8H3/b37-27-. The van der Waals surface area contributed by atoms with Crippen LogP contribution in [0, 0.1) is 6.92 Å². The van der Waals surface area contributed by atoms with E-state index in [4.69, 9.17) is 4.99 Å². The number of rotatable bonds is 5. The van der Waals surface area contributed by atoms with E-state index in [0.717, 1.165) is 11.1 Å². The lowest BCUT2D eigenvalue weighted by Gasteiger charge is -2.45. The molecule has 4 nitrogen and oxygen atoms in total. The van der Waals surface area contributed by atoms with E-state index in [1.54, 1.807) is 72.8 Å². The third-order valence-electron chi connectivity index (χ3n) is 11.7. The molecule has 0 spiro atoms. The Kier molecular flexibility index (Phi) is 11.1. The molecule has 0 bridgehead atoms. The third kappa shape index (κ3) is 7.35. The van der Waals surface area contributed by atoms with Gasteiger partial charge in [-0.1, -0.05) is 144 Å². The average Bonchev–Trinajstić information content (AvgIpc) is 3.89. The fraction of sp³-hybridized carbons (Fsp3) is 0.340. The van der Waals surface area contributed by atoms with Crippen LogP contribution in [0.1, 0.15) is 87.5 Å². The van der Waals surface area contributed by atoms with Crippen molar-refractivity contribution in [2.24, 2.45) is 4.99 Å². The number of halogens is 12. The first-order valence-electron chi connectivity index (χ1n) is 19.9. The van der Waals surface area contributed by atoms with Crippen LogP contribution in [0.3, 0.4) is 0 Å². The summed E-state index contributed by atoms with van der Waals surface area (Å²) >= 11 is 0. The lowest BCUT2D eigenvalue weighted by Crippen LogP contribution is -2.79. The van der Waals surface area contributed by atoms with Gasteiger partial charge in [0.1, 0.15) is 0 Å². The van der Waals surface area contributed by atoms with Crippen LogP contribution in [-0.4, -0.2) is 53.4 Å². The predicted molar refractivity (Wildman–Crippen MR) is 221 cm³/mol. The maximum absolute atomic E-state index is 15.1. The lowest BCUT2D eigenvalue weighted by atomic mass is 9.79. The van der Waals surface area contributed by atoms with Crippen LogP contribution < -0.4 is 0 Å². The zero-order valence-corrected chi connectivity index (χ0v) is 35.6. The summed E-state index contributed by atoms with van der Waals surface area (Å²) in [5, 5.41) is 0. The molecule has 64 heavy (non-hydrogen) atoms. The summed E-state index contributed by atoms with van der Waals surface area (Å²) in [5.74, 6) is 0. The zero-order chi connectivity index (χ0) is 47.4. The quantitative estimate of drug-likeness (QED) is 0.130. The second-order valence-corrected chi connectivity index (χ2v) is 18.1. The summed E-state index contributed by atoms with van der Waals surface area (Å²) in [4.78, 5) is 4.90. The Morgan fingerprint density at radius 3 is 1.36 bits per heavy atom. The Morgan fingerprint density at radius 2 is 0.938 bits per heavy atom. The summed E-state index contributed by atoms with van der Waals surface area (Å²) in [6.07, 6.45) is -29.7. The molecular weight excluding hydrogens is 863 g/mol. The first kappa shape index (κ1) is 46.7. The molecule has 7 rings (SSSR count). The number of aliphatic imine (C=N–C) groups is 1. The molecule has 1 fully saturated rings. The molecule has 0 atom stereocenters. The Labute approximate surface area is 361 Å². The topological polar surface area (TPSA) is 35.8 Å². The summed E-state index contributed by atoms with van der Waals surface area (Å²) in [5.41, 5.74) is -11.2. The molecule has 1 saturated heterocycles. The molecule has 0 N–H and O–H groups in total. The molecule has 0 radical (unpaired) electrons. The smallest absolute Gasteiger partial charge is 0.367 e. The van der Waals surface area contributed by atoms with Gasteiger partial charge in [-0.2, -0.15) is 52.7 Å². The van der Waals surface area contributed by atoms with Gasteiger partial charge in [0.2, 0.25) is 0 Å². The van der Waals surface area contributed by atoms with Crippen molar-refractivity contribution in [2.45, 2.75) is 102 Å². The van der Waals surface area contributed by atoms with Gasteiger partial charge in [-0.25, -0.2) is 4.99 Å². The van der Waals surface area contributed by atoms with E-state index in [2.05, 4.69) is 9.31 Å². The van der Waals surface area contributed by atoms with Crippen molar-refractivity contribution in [2.75, 3.05) is 0 Å². The number of allylic oxidation sites excluding steroid dienone is 1. The van der Waals surface area contributed by atoms with Gasteiger partial charge >= 0.3 is 32.0 Å². The molecule has 0 amide bonds. The molecule has 2 aliphatic rings. The first-order valence-corrected chi connectivity index (χ1v) is 19.9. The van der Waals surface area contributed by atoms with Crippen LogP contribution in [0.2, 0.25) is 0 Å². The predicted octanol–water partition coefficient (Wildman–Crippen LogP) is 14.1. The van der Waals surface area contributed by atoms with Crippen molar-refractivity contribution < 1.29 is 62.0 Å². The highest BCUT2D eigenvalue weighted by Gasteiger charge is 2.99. The van der Waals surface area contributed by atoms with Crippen molar-refractivity contribution in [3.63, 3.8) is 0 Å². The molecular formula is C47H41BF12N2O2. The normalized spacial score (nSPS) is 17.8. The minimum absolute atomic E-state index is 0.00911. The van der Waals surface area contributed by atoms with E-state index in [0.29, 0.717) is 32.4 Å². The molecule has 338 valence electrons. The van der Waals surface area contributed by atoms with Crippen molar-refractivity contribution in [3.05, 3.63) is 142 Å². The Bertz CT molecular complexity index is 2570. The number of aromatic nitrogens is 1. The summed E-state index contributed by atoms with van der Waals surface area (Å²) < 4.78 is 190. The van der Waals surface area contributed by atoms with Gasteiger partial charge < -0.3 is 13.8 Å². The van der Waals surface area contributed by atoms with E-state index in [9.17, 15) is 0 Å². The van der Waals surface area contributed by atoms with Crippen LogP contribution in [0.25, 0.3) is 33.7 Å². The number of alkyl halides is 12. The number of hydrogen-bond donors (Lipinski definition) is 0. The Hall–Kier alpha value is -5.29. The van der Waals surface area contributed by atoms with Crippen molar-refractivity contribution >= 4 is 24.2 Å². The number of benzene rings is 4. The van der Waals surface area contributed by atoms with Crippen LogP contribution >= 0.6 is 0 Å². The molecule has 0 unspecified atom stereocenters. The number of hydrogen-bond acceptors (Lipinski definition) is 3. The van der Waals surface area contributed by atoms with E-state index >= 15 is 52.7 Å². The molecule has 3 heterocycles. The molecule has 5 aromatic rings. The highest BCUT2D eigenvalue weighted by atomic mass is 19.4. The SMILES string of the molecule is C/C(=C1/N=C(c2ccc(C)cc2)c2ccccc21)c1c(-c2ccc(C(C)(C)C)cc2)cc(-c2ccc(C(C)(C)C)cc2)n1B1OC(C(F)(F)F)(C(F)(F)F)C(C(F)(F)F)(C(F)(F)F)O1. The minimum Gasteiger partial charge on any atom is -0.367 e. The number of nitrogens with zero attached hydrogens (tertiary/aromatic N) is 2. The Balaban J connectivity index is 1.65. The van der Waals surface area contributed by atoms with Crippen LogP contribution in [-0.2, 0) is 20.1 Å². The van der Waals surface area contributed by atoms with Gasteiger partial charge in [-0.3, -0.25) is 0 Å². The highest BCUT2D eigenvalue weighted by Crippen LogP contribution is 2.67. The van der Waals surface area contributed by atoms with Gasteiger partial charge in [0.25, 0.3) is 11.2 Å². The Morgan fingerprint density at radius 1 is 0.531 bits per heavy atom. The molecule has 0 saturated carbocycles. The van der Waals surface area contributed by atoms with Gasteiger partial charge in [0.05, 0.1) is 11.4 Å². The zero-order valence-electron chi connectivity index (χ0n) is 35.6. The maximum atomic E-state index is 15.1. The highest BCUT2D eigenvalue weighted by molar-refractivity contribution is 6.45. The first-order chi connectivity index (χ1) is 29.4. The molecule has 1 aromatic heterocycles. The van der Waals surface area contributed by atoms with Gasteiger partial charge in [0, 0.05) is 33.6 Å². The summed E-state index contributed by atoms with van der Waals surface area (Å²) in [6, 6.07) is 27.6.